The van der Waals surface area contributed by atoms with Crippen molar-refractivity contribution in [3.8, 4) is 11.5 Å². The van der Waals surface area contributed by atoms with Crippen LogP contribution in [-0.2, 0) is 4.74 Å². The Kier molecular flexibility index (Phi) is 6.51. The molecule has 1 rings (SSSR count). The van der Waals surface area contributed by atoms with Crippen LogP contribution in [0.2, 0.25) is 19.6 Å². The van der Waals surface area contributed by atoms with E-state index < -0.39 is 19.8 Å². The van der Waals surface area contributed by atoms with E-state index in [0.717, 1.165) is 0 Å². The van der Waals surface area contributed by atoms with Crippen LogP contribution in [0.1, 0.15) is 13.8 Å². The van der Waals surface area contributed by atoms with E-state index >= 15 is 0 Å². The SMILES string of the molecule is CC(C)(OC[Se]c1ccccc1)C(O)C#C[Si](C)(C)C. The summed E-state index contributed by atoms with van der Waals surface area (Å²) < 4.78 is 7.16. The van der Waals surface area contributed by atoms with Crippen LogP contribution in [0.25, 0.3) is 0 Å². The molecular weight excluding hydrogens is 331 g/mol. The second-order valence-corrected chi connectivity index (χ2v) is 13.1. The first kappa shape index (κ1) is 17.5. The van der Waals surface area contributed by atoms with E-state index in [2.05, 4.69) is 43.2 Å². The second-order valence-electron chi connectivity index (χ2n) is 6.24. The minimum absolute atomic E-state index is 0.268. The minimum atomic E-state index is -1.46. The van der Waals surface area contributed by atoms with E-state index in [1.54, 1.807) is 0 Å². The van der Waals surface area contributed by atoms with Gasteiger partial charge < -0.3 is 0 Å². The van der Waals surface area contributed by atoms with Crippen molar-refractivity contribution in [1.82, 2.24) is 0 Å². The summed E-state index contributed by atoms with van der Waals surface area (Å²) in [5.41, 5.74) is 3.23. The molecule has 0 spiro atoms. The van der Waals surface area contributed by atoms with Crippen molar-refractivity contribution in [3.05, 3.63) is 30.3 Å². The van der Waals surface area contributed by atoms with E-state index in [1.807, 2.05) is 32.0 Å². The Labute approximate surface area is 130 Å². The van der Waals surface area contributed by atoms with Gasteiger partial charge in [-0.3, -0.25) is 0 Å². The number of aliphatic hydroxyl groups is 1. The van der Waals surface area contributed by atoms with Gasteiger partial charge in [-0.1, -0.05) is 0 Å². The van der Waals surface area contributed by atoms with Gasteiger partial charge in [-0.2, -0.15) is 0 Å². The van der Waals surface area contributed by atoms with Crippen molar-refractivity contribution in [3.63, 3.8) is 0 Å². The molecular formula is C16H24O2SeSi. The third-order valence-electron chi connectivity index (χ3n) is 2.64. The van der Waals surface area contributed by atoms with E-state index in [1.165, 1.54) is 4.46 Å². The molecule has 1 unspecified atom stereocenters. The Morgan fingerprint density at radius 1 is 1.25 bits per heavy atom. The molecule has 2 nitrogen and oxygen atoms in total. The molecule has 0 radical (unpaired) electrons. The van der Waals surface area contributed by atoms with E-state index in [-0.39, 0.29) is 15.0 Å². The molecule has 0 aliphatic rings. The summed E-state index contributed by atoms with van der Waals surface area (Å²) in [5, 5.41) is 10.2. The average molecular weight is 355 g/mol. The molecule has 0 aliphatic heterocycles. The van der Waals surface area contributed by atoms with Crippen LogP contribution < -0.4 is 4.46 Å². The Bertz CT molecular complexity index is 469. The van der Waals surface area contributed by atoms with E-state index in [9.17, 15) is 5.11 Å². The number of hydrogen-bond acceptors (Lipinski definition) is 2. The molecule has 0 bridgehead atoms. The third-order valence-corrected chi connectivity index (χ3v) is 5.30. The number of aliphatic hydroxyl groups excluding tert-OH is 1. The normalized spacial score (nSPS) is 13.5. The molecule has 0 saturated heterocycles. The summed E-state index contributed by atoms with van der Waals surface area (Å²) in [6, 6.07) is 10.3. The van der Waals surface area contributed by atoms with Gasteiger partial charge in [-0.05, 0) is 0 Å². The van der Waals surface area contributed by atoms with Crippen LogP contribution in [0, 0.1) is 11.5 Å². The van der Waals surface area contributed by atoms with Crippen molar-refractivity contribution in [2.45, 2.75) is 45.2 Å². The van der Waals surface area contributed by atoms with Crippen LogP contribution in [-0.4, -0.2) is 45.3 Å². The Balaban J connectivity index is 2.50. The zero-order valence-electron chi connectivity index (χ0n) is 12.9. The van der Waals surface area contributed by atoms with Crippen LogP contribution in [0.5, 0.6) is 0 Å². The Morgan fingerprint density at radius 2 is 1.85 bits per heavy atom. The molecule has 1 atom stereocenters. The van der Waals surface area contributed by atoms with Gasteiger partial charge in [0, 0.05) is 0 Å². The van der Waals surface area contributed by atoms with Gasteiger partial charge in [-0.15, -0.1) is 0 Å². The van der Waals surface area contributed by atoms with Crippen molar-refractivity contribution in [2.75, 3.05) is 5.51 Å². The molecule has 0 fully saturated rings. The van der Waals surface area contributed by atoms with Crippen molar-refractivity contribution < 1.29 is 9.84 Å². The molecule has 0 aliphatic carbocycles. The van der Waals surface area contributed by atoms with Crippen LogP contribution >= 0.6 is 0 Å². The molecule has 110 valence electrons. The number of rotatable bonds is 5. The van der Waals surface area contributed by atoms with E-state index in [4.69, 9.17) is 4.74 Å². The number of ether oxygens (including phenoxy) is 1. The summed E-state index contributed by atoms with van der Waals surface area (Å²) in [6.45, 7) is 10.3. The molecule has 0 heterocycles. The van der Waals surface area contributed by atoms with Gasteiger partial charge in [0.15, 0.2) is 0 Å². The van der Waals surface area contributed by atoms with Gasteiger partial charge in [0.25, 0.3) is 0 Å². The predicted octanol–water partition coefficient (Wildman–Crippen LogP) is 2.01. The molecule has 1 N–H and O–H groups in total. The monoisotopic (exact) mass is 356 g/mol. The molecule has 1 aromatic rings. The standard InChI is InChI=1S/C16H24O2SeSi/c1-16(2,15(17)11-12-20(3,4)5)18-13-19-14-9-7-6-8-10-14/h6-10,15,17H,13H2,1-5H3. The molecule has 0 saturated carbocycles. The maximum absolute atomic E-state index is 10.2. The van der Waals surface area contributed by atoms with Gasteiger partial charge in [0.1, 0.15) is 0 Å². The third kappa shape index (κ3) is 6.74. The summed E-state index contributed by atoms with van der Waals surface area (Å²) in [4.78, 5) is 0. The fraction of sp³-hybridized carbons (Fsp3) is 0.500. The summed E-state index contributed by atoms with van der Waals surface area (Å²) in [6.07, 6.45) is -0.735. The predicted molar refractivity (Wildman–Crippen MR) is 89.0 cm³/mol. The molecule has 4 heteroatoms. The maximum atomic E-state index is 10.2. The Morgan fingerprint density at radius 3 is 2.40 bits per heavy atom. The zero-order valence-corrected chi connectivity index (χ0v) is 15.6. The topological polar surface area (TPSA) is 29.5 Å². The van der Waals surface area contributed by atoms with Crippen LogP contribution in [0.15, 0.2) is 30.3 Å². The fourth-order valence-electron chi connectivity index (χ4n) is 1.30. The molecule has 0 amide bonds. The second kappa shape index (κ2) is 7.45. The van der Waals surface area contributed by atoms with Crippen molar-refractivity contribution >= 4 is 27.5 Å². The quantitative estimate of drug-likeness (QED) is 0.647. The van der Waals surface area contributed by atoms with Crippen LogP contribution in [0.3, 0.4) is 0 Å². The first-order chi connectivity index (χ1) is 9.21. The van der Waals surface area contributed by atoms with Gasteiger partial charge in [-0.25, -0.2) is 0 Å². The first-order valence-electron chi connectivity index (χ1n) is 6.73. The number of hydrogen-bond donors (Lipinski definition) is 1. The zero-order chi connectivity index (χ0) is 15.2. The molecule has 20 heavy (non-hydrogen) atoms. The van der Waals surface area contributed by atoms with Gasteiger partial charge in [0.2, 0.25) is 0 Å². The van der Waals surface area contributed by atoms with E-state index in [0.29, 0.717) is 5.51 Å². The van der Waals surface area contributed by atoms with Crippen molar-refractivity contribution in [1.29, 1.82) is 0 Å². The van der Waals surface area contributed by atoms with Crippen LogP contribution in [0.4, 0.5) is 0 Å². The number of benzene rings is 1. The summed E-state index contributed by atoms with van der Waals surface area (Å²) in [7, 11) is -1.46. The Hall–Kier alpha value is -0.564. The summed E-state index contributed by atoms with van der Waals surface area (Å²) >= 11 is 0.268. The first-order valence-corrected chi connectivity index (χ1v) is 12.3. The molecule has 0 aromatic heterocycles. The van der Waals surface area contributed by atoms with Crippen molar-refractivity contribution in [2.24, 2.45) is 0 Å². The molecule has 1 aromatic carbocycles. The summed E-state index contributed by atoms with van der Waals surface area (Å²) in [5.74, 6) is 2.96. The average Bonchev–Trinajstić information content (AvgIpc) is 2.36. The van der Waals surface area contributed by atoms with Gasteiger partial charge >= 0.3 is 130 Å². The fourth-order valence-corrected chi connectivity index (χ4v) is 3.65. The van der Waals surface area contributed by atoms with Gasteiger partial charge in [0.05, 0.1) is 0 Å².